The maximum absolute atomic E-state index is 12.4. The second-order valence-corrected chi connectivity index (χ2v) is 8.10. The molecule has 1 fully saturated rings. The Morgan fingerprint density at radius 2 is 1.76 bits per heavy atom. The minimum Gasteiger partial charge on any atom is -0.349 e. The molecule has 0 atom stereocenters. The highest BCUT2D eigenvalue weighted by Gasteiger charge is 2.24. The molecule has 1 aliphatic rings. The van der Waals surface area contributed by atoms with Crippen LogP contribution in [-0.2, 0) is 0 Å². The van der Waals surface area contributed by atoms with Crippen molar-refractivity contribution >= 4 is 23.0 Å². The molecule has 0 unspecified atom stereocenters. The molecule has 150 valence electrons. The van der Waals surface area contributed by atoms with E-state index in [2.05, 4.69) is 47.4 Å². The largest absolute Gasteiger partial charge is 0.349 e. The number of hydrogen-bond donors (Lipinski definition) is 2. The number of nitrogens with zero attached hydrogens (tertiary/aromatic N) is 2. The van der Waals surface area contributed by atoms with Crippen LogP contribution in [0.1, 0.15) is 35.6 Å². The number of aromatic nitrogens is 2. The van der Waals surface area contributed by atoms with Crippen LogP contribution < -0.4 is 10.9 Å². The van der Waals surface area contributed by atoms with Crippen molar-refractivity contribution in [1.29, 1.82) is 0 Å². The summed E-state index contributed by atoms with van der Waals surface area (Å²) in [6, 6.07) is 17.7. The quantitative estimate of drug-likeness (QED) is 0.635. The lowest BCUT2D eigenvalue weighted by Crippen LogP contribution is -2.40. The summed E-state index contributed by atoms with van der Waals surface area (Å²) in [7, 11) is 0. The fourth-order valence-electron chi connectivity index (χ4n) is 3.81. The highest BCUT2D eigenvalue weighted by molar-refractivity contribution is 7.80. The Balaban J connectivity index is 1.39. The summed E-state index contributed by atoms with van der Waals surface area (Å²) in [4.78, 5) is 14.6. The maximum atomic E-state index is 12.4. The van der Waals surface area contributed by atoms with E-state index >= 15 is 0 Å². The first-order valence-corrected chi connectivity index (χ1v) is 10.4. The molecule has 4 rings (SSSR count). The van der Waals surface area contributed by atoms with E-state index in [-0.39, 0.29) is 5.56 Å². The highest BCUT2D eigenvalue weighted by atomic mass is 32.1. The minimum absolute atomic E-state index is 0.0134. The Bertz CT molecular complexity index is 1060. The van der Waals surface area contributed by atoms with Crippen LogP contribution >= 0.6 is 12.2 Å². The van der Waals surface area contributed by atoms with E-state index in [0.717, 1.165) is 48.1 Å². The third kappa shape index (κ3) is 4.27. The molecule has 1 aromatic heterocycles. The van der Waals surface area contributed by atoms with Gasteiger partial charge < -0.3 is 10.2 Å². The lowest BCUT2D eigenvalue weighted by molar-refractivity contribution is 0.313. The molecule has 6 heteroatoms. The topological polar surface area (TPSA) is 53.1 Å². The van der Waals surface area contributed by atoms with Gasteiger partial charge in [0.2, 0.25) is 0 Å². The van der Waals surface area contributed by atoms with Crippen LogP contribution in [0, 0.1) is 13.8 Å². The van der Waals surface area contributed by atoms with Gasteiger partial charge in [0, 0.05) is 36.5 Å². The summed E-state index contributed by atoms with van der Waals surface area (Å²) in [6.45, 7) is 5.97. The van der Waals surface area contributed by atoms with Crippen LogP contribution in [-0.4, -0.2) is 32.9 Å². The van der Waals surface area contributed by atoms with Crippen molar-refractivity contribution in [2.24, 2.45) is 0 Å². The third-order valence-electron chi connectivity index (χ3n) is 5.73. The number of rotatable bonds is 3. The van der Waals surface area contributed by atoms with E-state index in [0.29, 0.717) is 5.92 Å². The van der Waals surface area contributed by atoms with Gasteiger partial charge in [-0.2, -0.15) is 0 Å². The number of aryl methyl sites for hydroxylation is 2. The zero-order chi connectivity index (χ0) is 20.4. The van der Waals surface area contributed by atoms with Crippen molar-refractivity contribution in [3.8, 4) is 5.69 Å². The Hall–Kier alpha value is -2.86. The molecule has 0 saturated carbocycles. The van der Waals surface area contributed by atoms with Crippen LogP contribution in [0.25, 0.3) is 5.69 Å². The summed E-state index contributed by atoms with van der Waals surface area (Å²) in [6.07, 6.45) is 1.92. The number of para-hydroxylation sites is 1. The van der Waals surface area contributed by atoms with Crippen LogP contribution in [0.3, 0.4) is 0 Å². The van der Waals surface area contributed by atoms with Gasteiger partial charge in [0.1, 0.15) is 0 Å². The fraction of sp³-hybridized carbons (Fsp3) is 0.304. The van der Waals surface area contributed by atoms with Crippen LogP contribution in [0.4, 0.5) is 5.69 Å². The Morgan fingerprint density at radius 1 is 1.03 bits per heavy atom. The molecule has 5 nitrogen and oxygen atoms in total. The Kier molecular flexibility index (Phi) is 5.53. The van der Waals surface area contributed by atoms with E-state index in [1.165, 1.54) is 11.1 Å². The smallest absolute Gasteiger partial charge is 0.271 e. The summed E-state index contributed by atoms with van der Waals surface area (Å²) < 4.78 is 1.62. The standard InChI is InChI=1S/C23H26N4OS/c1-16-8-9-19(14-17(16)2)24-23(29)26-12-10-18(11-13-26)21-15-22(28)27(25-21)20-6-4-3-5-7-20/h3-9,14-15,18,25H,10-13H2,1-2H3,(H,24,29). The van der Waals surface area contributed by atoms with Gasteiger partial charge in [-0.25, -0.2) is 4.68 Å². The summed E-state index contributed by atoms with van der Waals surface area (Å²) >= 11 is 5.63. The second-order valence-electron chi connectivity index (χ2n) is 7.71. The number of piperidine rings is 1. The molecule has 3 aromatic rings. The van der Waals surface area contributed by atoms with Crippen molar-refractivity contribution in [2.75, 3.05) is 18.4 Å². The van der Waals surface area contributed by atoms with Gasteiger partial charge in [-0.1, -0.05) is 24.3 Å². The average molecular weight is 407 g/mol. The van der Waals surface area contributed by atoms with Crippen LogP contribution in [0.5, 0.6) is 0 Å². The van der Waals surface area contributed by atoms with E-state index in [1.807, 2.05) is 30.3 Å². The van der Waals surface area contributed by atoms with E-state index < -0.39 is 0 Å². The first-order chi connectivity index (χ1) is 14.0. The van der Waals surface area contributed by atoms with E-state index in [1.54, 1.807) is 10.7 Å². The number of benzene rings is 2. The van der Waals surface area contributed by atoms with Crippen molar-refractivity contribution < 1.29 is 0 Å². The summed E-state index contributed by atoms with van der Waals surface area (Å²) in [5, 5.41) is 7.43. The highest BCUT2D eigenvalue weighted by Crippen LogP contribution is 2.27. The van der Waals surface area contributed by atoms with Crippen LogP contribution in [0.15, 0.2) is 59.4 Å². The molecule has 0 radical (unpaired) electrons. The molecule has 29 heavy (non-hydrogen) atoms. The molecule has 0 aliphatic carbocycles. The zero-order valence-electron chi connectivity index (χ0n) is 16.8. The number of H-pyrrole nitrogens is 1. The van der Waals surface area contributed by atoms with Gasteiger partial charge >= 0.3 is 0 Å². The number of nitrogens with one attached hydrogen (secondary N) is 2. The third-order valence-corrected chi connectivity index (χ3v) is 6.10. The molecule has 0 bridgehead atoms. The number of aromatic amines is 1. The number of hydrogen-bond acceptors (Lipinski definition) is 2. The van der Waals surface area contributed by atoms with Gasteiger partial charge in [-0.3, -0.25) is 9.89 Å². The van der Waals surface area contributed by atoms with Gasteiger partial charge in [0.25, 0.3) is 5.56 Å². The Morgan fingerprint density at radius 3 is 2.45 bits per heavy atom. The van der Waals surface area contributed by atoms with Crippen molar-refractivity contribution in [1.82, 2.24) is 14.7 Å². The monoisotopic (exact) mass is 406 g/mol. The summed E-state index contributed by atoms with van der Waals surface area (Å²) in [5.74, 6) is 0.341. The normalized spacial score (nSPS) is 14.8. The molecule has 1 saturated heterocycles. The van der Waals surface area contributed by atoms with Gasteiger partial charge in [-0.05, 0) is 74.3 Å². The Labute approximate surface area is 176 Å². The first-order valence-electron chi connectivity index (χ1n) is 10.0. The first kappa shape index (κ1) is 19.5. The predicted octanol–water partition coefficient (Wildman–Crippen LogP) is 4.36. The van der Waals surface area contributed by atoms with Crippen molar-refractivity contribution in [2.45, 2.75) is 32.6 Å². The predicted molar refractivity (Wildman–Crippen MR) is 122 cm³/mol. The maximum Gasteiger partial charge on any atom is 0.271 e. The minimum atomic E-state index is -0.0134. The SMILES string of the molecule is Cc1ccc(NC(=S)N2CCC(c3cc(=O)n(-c4ccccc4)[nH]3)CC2)cc1C. The molecule has 0 amide bonds. The van der Waals surface area contributed by atoms with E-state index in [9.17, 15) is 4.79 Å². The van der Waals surface area contributed by atoms with Gasteiger partial charge in [0.15, 0.2) is 5.11 Å². The van der Waals surface area contributed by atoms with Gasteiger partial charge in [-0.15, -0.1) is 0 Å². The zero-order valence-corrected chi connectivity index (χ0v) is 17.6. The second kappa shape index (κ2) is 8.25. The van der Waals surface area contributed by atoms with E-state index in [4.69, 9.17) is 12.2 Å². The lowest BCUT2D eigenvalue weighted by Gasteiger charge is -2.33. The fourth-order valence-corrected chi connectivity index (χ4v) is 4.11. The molecule has 2 heterocycles. The number of likely N-dealkylation sites (tertiary alicyclic amines) is 1. The summed E-state index contributed by atoms with van der Waals surface area (Å²) in [5.41, 5.74) is 5.42. The van der Waals surface area contributed by atoms with Crippen molar-refractivity contribution in [3.05, 3.63) is 81.8 Å². The molecular weight excluding hydrogens is 380 g/mol. The number of anilines is 1. The van der Waals surface area contributed by atoms with Crippen molar-refractivity contribution in [3.63, 3.8) is 0 Å². The molecule has 1 aliphatic heterocycles. The molecule has 0 spiro atoms. The number of thiocarbonyl (C=S) groups is 1. The molecular formula is C23H26N4OS. The average Bonchev–Trinajstić information content (AvgIpc) is 3.13. The van der Waals surface area contributed by atoms with Crippen LogP contribution in [0.2, 0.25) is 0 Å². The lowest BCUT2D eigenvalue weighted by atomic mass is 9.94. The molecule has 2 aromatic carbocycles. The van der Waals surface area contributed by atoms with Gasteiger partial charge in [0.05, 0.1) is 5.69 Å². The molecule has 2 N–H and O–H groups in total.